The second-order valence-electron chi connectivity index (χ2n) is 8.43. The van der Waals surface area contributed by atoms with Gasteiger partial charge in [-0.2, -0.15) is 13.2 Å². The Morgan fingerprint density at radius 2 is 1.97 bits per heavy atom. The highest BCUT2D eigenvalue weighted by atomic mass is 35.5. The number of nitrogens with zero attached hydrogens (tertiary/aromatic N) is 3. The van der Waals surface area contributed by atoms with Gasteiger partial charge in [0.2, 0.25) is 0 Å². The van der Waals surface area contributed by atoms with Crippen LogP contribution < -0.4 is 10.3 Å². The number of alkyl halides is 3. The van der Waals surface area contributed by atoms with Crippen LogP contribution in [-0.4, -0.2) is 28.0 Å². The Morgan fingerprint density at radius 3 is 2.69 bits per heavy atom. The summed E-state index contributed by atoms with van der Waals surface area (Å²) in [6.45, 7) is 1.86. The van der Waals surface area contributed by atoms with Crippen molar-refractivity contribution in [1.82, 2.24) is 14.5 Å². The third-order valence-corrected chi connectivity index (χ3v) is 5.92. The minimum atomic E-state index is -4.49. The van der Waals surface area contributed by atoms with Crippen molar-refractivity contribution in [2.24, 2.45) is 0 Å². The van der Waals surface area contributed by atoms with Crippen molar-refractivity contribution >= 4 is 23.4 Å². The van der Waals surface area contributed by atoms with Crippen LogP contribution in [0.1, 0.15) is 29.0 Å². The first-order chi connectivity index (χ1) is 16.3. The molecule has 35 heavy (non-hydrogen) atoms. The average molecular weight is 506 g/mol. The van der Waals surface area contributed by atoms with Crippen molar-refractivity contribution in [3.63, 3.8) is 0 Å². The maximum atomic E-state index is 12.7. The van der Waals surface area contributed by atoms with E-state index >= 15 is 0 Å². The number of benzene rings is 1. The first kappa shape index (κ1) is 24.8. The van der Waals surface area contributed by atoms with Crippen LogP contribution in [0.3, 0.4) is 0 Å². The van der Waals surface area contributed by atoms with Crippen LogP contribution in [0, 0.1) is 0 Å². The molecule has 10 heteroatoms. The lowest BCUT2D eigenvalue weighted by molar-refractivity contribution is -0.141. The van der Waals surface area contributed by atoms with Crippen LogP contribution >= 0.6 is 12.4 Å². The fourth-order valence-corrected chi connectivity index (χ4v) is 4.18. The van der Waals surface area contributed by atoms with Gasteiger partial charge in [-0.3, -0.25) is 14.3 Å². The van der Waals surface area contributed by atoms with E-state index in [2.05, 4.69) is 16.9 Å². The molecule has 4 aromatic rings. The molecular weight excluding hydrogens is 483 g/mol. The summed E-state index contributed by atoms with van der Waals surface area (Å²) in [5.41, 5.74) is 1.83. The van der Waals surface area contributed by atoms with E-state index in [0.717, 1.165) is 54.9 Å². The number of fused-ring (bicyclic) bond motifs is 3. The molecule has 1 aliphatic rings. The van der Waals surface area contributed by atoms with E-state index in [1.807, 2.05) is 18.2 Å². The van der Waals surface area contributed by atoms with Crippen molar-refractivity contribution in [2.75, 3.05) is 13.6 Å². The molecule has 0 N–H and O–H groups in total. The van der Waals surface area contributed by atoms with E-state index in [4.69, 9.17) is 9.15 Å². The van der Waals surface area contributed by atoms with E-state index < -0.39 is 11.9 Å². The van der Waals surface area contributed by atoms with Crippen molar-refractivity contribution in [2.45, 2.75) is 32.2 Å². The molecule has 0 atom stereocenters. The first-order valence-corrected chi connectivity index (χ1v) is 10.9. The quantitative estimate of drug-likeness (QED) is 0.373. The SMILES string of the molecule is CN1CCCc2oc3cc(-n4ccc(OCc5ccc(C(F)(F)F)nc5)cc4=O)ccc3c2C1.Cl. The number of aryl methyl sites for hydroxylation is 1. The zero-order valence-corrected chi connectivity index (χ0v) is 19.7. The molecule has 0 radical (unpaired) electrons. The summed E-state index contributed by atoms with van der Waals surface area (Å²) in [4.78, 5) is 18.4. The second kappa shape index (κ2) is 9.75. The molecule has 0 saturated heterocycles. The Bertz CT molecular complexity index is 1400. The lowest BCUT2D eigenvalue weighted by atomic mass is 10.1. The van der Waals surface area contributed by atoms with Crippen molar-refractivity contribution in [3.8, 4) is 11.4 Å². The third-order valence-electron chi connectivity index (χ3n) is 5.92. The van der Waals surface area contributed by atoms with Crippen LogP contribution in [0.25, 0.3) is 16.7 Å². The van der Waals surface area contributed by atoms with Gasteiger partial charge in [-0.15, -0.1) is 12.4 Å². The molecule has 5 rings (SSSR count). The number of hydrogen-bond donors (Lipinski definition) is 0. The fourth-order valence-electron chi connectivity index (χ4n) is 4.18. The minimum absolute atomic E-state index is 0. The van der Waals surface area contributed by atoms with Gasteiger partial charge in [0.05, 0.1) is 5.69 Å². The van der Waals surface area contributed by atoms with Gasteiger partial charge in [-0.05, 0) is 44.3 Å². The Morgan fingerprint density at radius 1 is 1.14 bits per heavy atom. The highest BCUT2D eigenvalue weighted by molar-refractivity contribution is 5.85. The smallest absolute Gasteiger partial charge is 0.433 e. The summed E-state index contributed by atoms with van der Waals surface area (Å²) in [5.74, 6) is 1.32. The molecule has 184 valence electrons. The van der Waals surface area contributed by atoms with Crippen LogP contribution in [0.5, 0.6) is 5.75 Å². The minimum Gasteiger partial charge on any atom is -0.489 e. The molecule has 0 aliphatic carbocycles. The summed E-state index contributed by atoms with van der Waals surface area (Å²) in [5, 5.41) is 1.06. The van der Waals surface area contributed by atoms with Gasteiger partial charge in [0.15, 0.2) is 0 Å². The standard InChI is InChI=1S/C25H22F3N3O3.ClH/c1-30-9-2-3-21-20(14-30)19-6-5-17(11-22(19)34-21)31-10-8-18(12-24(31)32)33-15-16-4-7-23(29-13-16)25(26,27)28;/h4-8,10-13H,2-3,9,14-15H2,1H3;1H. The van der Waals surface area contributed by atoms with Crippen molar-refractivity contribution in [1.29, 1.82) is 0 Å². The van der Waals surface area contributed by atoms with Gasteiger partial charge in [-0.25, -0.2) is 0 Å². The average Bonchev–Trinajstić information content (AvgIpc) is 3.02. The highest BCUT2D eigenvalue weighted by Crippen LogP contribution is 2.31. The third kappa shape index (κ3) is 5.21. The number of furan rings is 1. The predicted octanol–water partition coefficient (Wildman–Crippen LogP) is 5.38. The molecule has 1 aromatic carbocycles. The summed E-state index contributed by atoms with van der Waals surface area (Å²) in [7, 11) is 2.10. The topological polar surface area (TPSA) is 60.5 Å². The van der Waals surface area contributed by atoms with E-state index in [9.17, 15) is 18.0 Å². The number of rotatable bonds is 4. The second-order valence-corrected chi connectivity index (χ2v) is 8.43. The van der Waals surface area contributed by atoms with E-state index in [-0.39, 0.29) is 24.6 Å². The van der Waals surface area contributed by atoms with Crippen LogP contribution in [0.4, 0.5) is 13.2 Å². The normalized spacial score (nSPS) is 14.3. The largest absolute Gasteiger partial charge is 0.489 e. The predicted molar refractivity (Wildman–Crippen MR) is 127 cm³/mol. The van der Waals surface area contributed by atoms with Gasteiger partial charge in [0.1, 0.15) is 29.4 Å². The molecule has 0 saturated carbocycles. The van der Waals surface area contributed by atoms with E-state index in [0.29, 0.717) is 17.0 Å². The van der Waals surface area contributed by atoms with Gasteiger partial charge in [0.25, 0.3) is 5.56 Å². The Hall–Kier alpha value is -3.30. The number of halogens is 4. The summed E-state index contributed by atoms with van der Waals surface area (Å²) in [6.07, 6.45) is 0.161. The molecule has 0 unspecified atom stereocenters. The molecule has 4 heterocycles. The number of hydrogen-bond acceptors (Lipinski definition) is 5. The maximum Gasteiger partial charge on any atom is 0.433 e. The Kier molecular flexibility index (Phi) is 6.91. The molecule has 1 aliphatic heterocycles. The van der Waals surface area contributed by atoms with E-state index in [1.54, 1.807) is 12.3 Å². The number of aromatic nitrogens is 2. The monoisotopic (exact) mass is 505 g/mol. The van der Waals surface area contributed by atoms with Crippen LogP contribution in [-0.2, 0) is 25.7 Å². The molecule has 0 fully saturated rings. The number of ether oxygens (including phenoxy) is 1. The van der Waals surface area contributed by atoms with Crippen molar-refractivity contribution < 1.29 is 22.3 Å². The zero-order chi connectivity index (χ0) is 23.9. The molecule has 3 aromatic heterocycles. The number of pyridine rings is 2. The van der Waals surface area contributed by atoms with Crippen molar-refractivity contribution in [3.05, 3.63) is 87.8 Å². The fraction of sp³-hybridized carbons (Fsp3) is 0.280. The lowest BCUT2D eigenvalue weighted by Gasteiger charge is -2.12. The lowest BCUT2D eigenvalue weighted by Crippen LogP contribution is -2.17. The Labute approximate surface area is 205 Å². The maximum absolute atomic E-state index is 12.7. The summed E-state index contributed by atoms with van der Waals surface area (Å²) in [6, 6.07) is 10.9. The molecule has 0 spiro atoms. The highest BCUT2D eigenvalue weighted by Gasteiger charge is 2.32. The van der Waals surface area contributed by atoms with Gasteiger partial charge in [0, 0.05) is 54.0 Å². The Balaban J connectivity index is 0.00000289. The van der Waals surface area contributed by atoms with Gasteiger partial charge >= 0.3 is 6.18 Å². The zero-order valence-electron chi connectivity index (χ0n) is 18.8. The molecular formula is C25H23ClF3N3O3. The van der Waals surface area contributed by atoms with Gasteiger partial charge < -0.3 is 14.1 Å². The summed E-state index contributed by atoms with van der Waals surface area (Å²) >= 11 is 0. The molecule has 6 nitrogen and oxygen atoms in total. The van der Waals surface area contributed by atoms with Gasteiger partial charge in [-0.1, -0.05) is 6.07 Å². The van der Waals surface area contributed by atoms with Crippen LogP contribution in [0.2, 0.25) is 0 Å². The molecule has 0 amide bonds. The first-order valence-electron chi connectivity index (χ1n) is 10.9. The summed E-state index contributed by atoms with van der Waals surface area (Å²) < 4.78 is 51.1. The van der Waals surface area contributed by atoms with E-state index in [1.165, 1.54) is 22.3 Å². The molecule has 0 bridgehead atoms. The van der Waals surface area contributed by atoms with Crippen LogP contribution in [0.15, 0.2) is 64.1 Å².